The summed E-state index contributed by atoms with van der Waals surface area (Å²) < 4.78 is 0. The maximum absolute atomic E-state index is 12.1. The minimum atomic E-state index is 0.222. The average molecular weight is 349 g/mol. The standard InChI is InChI=1S/C20H32N2OS/c1-2-3-4-5-6-7-8-11-15-24-16-14-22-19-12-9-10-13-21-18(19)17-20(22)23/h9-10,12-13,21H,2-8,11,14-17H2,1H3. The number of thioether (sulfide) groups is 1. The van der Waals surface area contributed by atoms with Gasteiger partial charge in [0.2, 0.25) is 5.91 Å². The smallest absolute Gasteiger partial charge is 0.233 e. The van der Waals surface area contributed by atoms with Gasteiger partial charge >= 0.3 is 0 Å². The molecular formula is C20H32N2OS. The monoisotopic (exact) mass is 348 g/mol. The van der Waals surface area contributed by atoms with Crippen LogP contribution in [0.15, 0.2) is 35.8 Å². The lowest BCUT2D eigenvalue weighted by Gasteiger charge is -2.18. The summed E-state index contributed by atoms with van der Waals surface area (Å²) >= 11 is 1.98. The summed E-state index contributed by atoms with van der Waals surface area (Å²) in [5, 5.41) is 3.21. The Kier molecular flexibility index (Phi) is 9.11. The zero-order valence-corrected chi connectivity index (χ0v) is 15.9. The second kappa shape index (κ2) is 11.4. The predicted molar refractivity (Wildman–Crippen MR) is 105 cm³/mol. The molecule has 1 amide bonds. The zero-order chi connectivity index (χ0) is 17.0. The molecule has 0 aromatic rings. The van der Waals surface area contributed by atoms with Gasteiger partial charge in [-0.25, -0.2) is 0 Å². The number of allylic oxidation sites excluding steroid dienone is 3. The maximum Gasteiger partial charge on any atom is 0.233 e. The van der Waals surface area contributed by atoms with Gasteiger partial charge in [0.25, 0.3) is 0 Å². The second-order valence-corrected chi connectivity index (χ2v) is 7.76. The Morgan fingerprint density at radius 1 is 1.04 bits per heavy atom. The quantitative estimate of drug-likeness (QED) is 0.505. The molecule has 3 nitrogen and oxygen atoms in total. The third-order valence-electron chi connectivity index (χ3n) is 4.55. The Bertz CT molecular complexity index is 482. The van der Waals surface area contributed by atoms with E-state index in [2.05, 4.69) is 12.2 Å². The van der Waals surface area contributed by atoms with Gasteiger partial charge in [-0.3, -0.25) is 4.79 Å². The lowest BCUT2D eigenvalue weighted by molar-refractivity contribution is -0.126. The van der Waals surface area contributed by atoms with Gasteiger partial charge in [-0.15, -0.1) is 0 Å². The van der Waals surface area contributed by atoms with Crippen molar-refractivity contribution < 1.29 is 4.79 Å². The molecule has 0 bridgehead atoms. The fourth-order valence-corrected chi connectivity index (χ4v) is 4.07. The molecule has 2 aliphatic rings. The number of nitrogens with one attached hydrogen (secondary N) is 1. The van der Waals surface area contributed by atoms with E-state index in [1.165, 1.54) is 57.1 Å². The first kappa shape index (κ1) is 19.2. The van der Waals surface area contributed by atoms with E-state index in [9.17, 15) is 4.79 Å². The number of unbranched alkanes of at least 4 members (excludes halogenated alkanes) is 7. The Hall–Kier alpha value is -1.16. The van der Waals surface area contributed by atoms with E-state index in [1.54, 1.807) is 0 Å². The number of rotatable bonds is 12. The molecule has 0 atom stereocenters. The SMILES string of the molecule is CCCCCCCCCCSCCN1C(=O)CC2=C1C=CC=CN2. The molecule has 0 spiro atoms. The van der Waals surface area contributed by atoms with Crippen LogP contribution in [0.5, 0.6) is 0 Å². The number of nitrogens with zero attached hydrogens (tertiary/aromatic N) is 1. The molecular weight excluding hydrogens is 316 g/mol. The second-order valence-electron chi connectivity index (χ2n) is 6.54. The first-order valence-corrected chi connectivity index (χ1v) is 10.7. The molecule has 24 heavy (non-hydrogen) atoms. The van der Waals surface area contributed by atoms with Crippen LogP contribution in [0.25, 0.3) is 0 Å². The number of hydrogen-bond acceptors (Lipinski definition) is 3. The largest absolute Gasteiger partial charge is 0.363 e. The Balaban J connectivity index is 1.52. The predicted octanol–water partition coefficient (Wildman–Crippen LogP) is 4.98. The summed E-state index contributed by atoms with van der Waals surface area (Å²) in [6.07, 6.45) is 19.4. The first-order chi connectivity index (χ1) is 11.8. The van der Waals surface area contributed by atoms with E-state index in [-0.39, 0.29) is 5.91 Å². The highest BCUT2D eigenvalue weighted by Gasteiger charge is 2.28. The molecule has 1 N–H and O–H groups in total. The van der Waals surface area contributed by atoms with Gasteiger partial charge in [-0.1, -0.05) is 57.9 Å². The van der Waals surface area contributed by atoms with Gasteiger partial charge < -0.3 is 10.2 Å². The van der Waals surface area contributed by atoms with Gasteiger partial charge in [0.05, 0.1) is 12.1 Å². The highest BCUT2D eigenvalue weighted by atomic mass is 32.2. The summed E-state index contributed by atoms with van der Waals surface area (Å²) in [5.41, 5.74) is 2.09. The van der Waals surface area contributed by atoms with Crippen LogP contribution in [0.4, 0.5) is 0 Å². The van der Waals surface area contributed by atoms with E-state index in [1.807, 2.05) is 41.1 Å². The molecule has 0 unspecified atom stereocenters. The van der Waals surface area contributed by atoms with Crippen molar-refractivity contribution in [3.8, 4) is 0 Å². The van der Waals surface area contributed by atoms with Crippen molar-refractivity contribution in [1.29, 1.82) is 0 Å². The fourth-order valence-electron chi connectivity index (χ4n) is 3.14. The van der Waals surface area contributed by atoms with Crippen molar-refractivity contribution in [2.24, 2.45) is 0 Å². The van der Waals surface area contributed by atoms with Gasteiger partial charge in [-0.05, 0) is 24.3 Å². The minimum Gasteiger partial charge on any atom is -0.363 e. The molecule has 4 heteroatoms. The zero-order valence-electron chi connectivity index (χ0n) is 15.1. The summed E-state index contributed by atoms with van der Waals surface area (Å²) in [6.45, 7) is 3.09. The molecule has 2 rings (SSSR count). The summed E-state index contributed by atoms with van der Waals surface area (Å²) in [6, 6.07) is 0. The molecule has 0 fully saturated rings. The van der Waals surface area contributed by atoms with E-state index in [0.29, 0.717) is 6.42 Å². The fraction of sp³-hybridized carbons (Fsp3) is 0.650. The summed E-state index contributed by atoms with van der Waals surface area (Å²) in [4.78, 5) is 14.1. The lowest BCUT2D eigenvalue weighted by Crippen LogP contribution is -2.27. The van der Waals surface area contributed by atoms with E-state index in [4.69, 9.17) is 0 Å². The van der Waals surface area contributed by atoms with Crippen molar-refractivity contribution in [2.45, 2.75) is 64.7 Å². The molecule has 0 aromatic heterocycles. The van der Waals surface area contributed by atoms with Crippen LogP contribution in [0.3, 0.4) is 0 Å². The molecule has 0 aliphatic carbocycles. The Labute approximate surface area is 151 Å². The van der Waals surface area contributed by atoms with Crippen molar-refractivity contribution in [3.05, 3.63) is 35.8 Å². The van der Waals surface area contributed by atoms with E-state index in [0.717, 1.165) is 23.7 Å². The van der Waals surface area contributed by atoms with Crippen molar-refractivity contribution in [2.75, 3.05) is 18.1 Å². The molecule has 0 aromatic carbocycles. The van der Waals surface area contributed by atoms with Gasteiger partial charge in [0.15, 0.2) is 0 Å². The molecule has 2 aliphatic heterocycles. The molecule has 2 heterocycles. The van der Waals surface area contributed by atoms with Gasteiger partial charge in [0, 0.05) is 24.2 Å². The van der Waals surface area contributed by atoms with Gasteiger partial charge in [-0.2, -0.15) is 11.8 Å². The molecule has 0 radical (unpaired) electrons. The highest BCUT2D eigenvalue weighted by Crippen LogP contribution is 2.25. The first-order valence-electron chi connectivity index (χ1n) is 9.54. The third-order valence-corrected chi connectivity index (χ3v) is 5.60. The van der Waals surface area contributed by atoms with Crippen LogP contribution in [-0.2, 0) is 4.79 Å². The van der Waals surface area contributed by atoms with Crippen LogP contribution in [0, 0.1) is 0 Å². The maximum atomic E-state index is 12.1. The van der Waals surface area contributed by atoms with Crippen molar-refractivity contribution >= 4 is 17.7 Å². The third kappa shape index (κ3) is 6.39. The topological polar surface area (TPSA) is 32.3 Å². The summed E-state index contributed by atoms with van der Waals surface area (Å²) in [5.74, 6) is 2.47. The number of hydrogen-bond donors (Lipinski definition) is 1. The van der Waals surface area contributed by atoms with Crippen LogP contribution in [0.1, 0.15) is 64.7 Å². The van der Waals surface area contributed by atoms with Crippen LogP contribution >= 0.6 is 11.8 Å². The minimum absolute atomic E-state index is 0.222. The normalized spacial score (nSPS) is 16.5. The van der Waals surface area contributed by atoms with E-state index < -0.39 is 0 Å². The molecule has 134 valence electrons. The van der Waals surface area contributed by atoms with Crippen molar-refractivity contribution in [3.63, 3.8) is 0 Å². The Morgan fingerprint density at radius 3 is 2.58 bits per heavy atom. The molecule has 0 saturated carbocycles. The number of amides is 1. The van der Waals surface area contributed by atoms with Gasteiger partial charge in [0.1, 0.15) is 0 Å². The lowest BCUT2D eigenvalue weighted by atomic mass is 10.1. The van der Waals surface area contributed by atoms with Crippen LogP contribution < -0.4 is 5.32 Å². The number of carbonyl (C=O) groups is 1. The average Bonchev–Trinajstić information content (AvgIpc) is 2.74. The summed E-state index contributed by atoms with van der Waals surface area (Å²) in [7, 11) is 0. The van der Waals surface area contributed by atoms with Crippen LogP contribution in [-0.4, -0.2) is 28.9 Å². The van der Waals surface area contributed by atoms with E-state index >= 15 is 0 Å². The van der Waals surface area contributed by atoms with Crippen molar-refractivity contribution in [1.82, 2.24) is 10.2 Å². The highest BCUT2D eigenvalue weighted by molar-refractivity contribution is 7.99. The number of carbonyl (C=O) groups excluding carboxylic acids is 1. The molecule has 0 saturated heterocycles. The van der Waals surface area contributed by atoms with Crippen LogP contribution in [0.2, 0.25) is 0 Å². The Morgan fingerprint density at radius 2 is 1.79 bits per heavy atom.